The second-order valence-electron chi connectivity index (χ2n) is 7.70. The molecule has 158 valence electrons. The van der Waals surface area contributed by atoms with Gasteiger partial charge in [0.1, 0.15) is 40.7 Å². The van der Waals surface area contributed by atoms with Crippen LogP contribution in [0.1, 0.15) is 31.5 Å². The normalized spacial score (nSPS) is 18.9. The lowest BCUT2D eigenvalue weighted by Gasteiger charge is -2.25. The zero-order valence-corrected chi connectivity index (χ0v) is 17.0. The zero-order chi connectivity index (χ0) is 21.4. The van der Waals surface area contributed by atoms with E-state index >= 15 is 4.39 Å². The van der Waals surface area contributed by atoms with E-state index in [9.17, 15) is 0 Å². The van der Waals surface area contributed by atoms with Crippen LogP contribution in [-0.4, -0.2) is 32.3 Å². The third kappa shape index (κ3) is 3.70. The maximum absolute atomic E-state index is 15.2. The Bertz CT molecular complexity index is 1220. The van der Waals surface area contributed by atoms with E-state index in [1.54, 1.807) is 16.6 Å². The highest BCUT2D eigenvalue weighted by Crippen LogP contribution is 2.36. The Balaban J connectivity index is 1.55. The first-order chi connectivity index (χ1) is 15.1. The lowest BCUT2D eigenvalue weighted by Crippen LogP contribution is -2.24. The van der Waals surface area contributed by atoms with E-state index in [4.69, 9.17) is 20.2 Å². The van der Waals surface area contributed by atoms with Crippen LogP contribution in [0, 0.1) is 5.82 Å². The maximum Gasteiger partial charge on any atom is 0.153 e. The van der Waals surface area contributed by atoms with Gasteiger partial charge in [-0.05, 0) is 44.0 Å². The molecule has 2 N–H and O–H groups in total. The number of nitrogens with two attached hydrogens (primary N) is 1. The number of para-hydroxylation sites is 1. The number of imidazole rings is 1. The molecule has 0 aliphatic carbocycles. The Hall–Kier alpha value is -3.52. The fraction of sp³-hybridized carbons (Fsp3) is 0.261. The molecule has 1 fully saturated rings. The molecule has 0 saturated carbocycles. The van der Waals surface area contributed by atoms with Gasteiger partial charge in [0.05, 0.1) is 12.7 Å². The molecule has 4 aromatic rings. The summed E-state index contributed by atoms with van der Waals surface area (Å²) in [5, 5.41) is 4.35. The van der Waals surface area contributed by atoms with Crippen molar-refractivity contribution in [2.75, 3.05) is 12.3 Å². The number of aromatic nitrogens is 4. The summed E-state index contributed by atoms with van der Waals surface area (Å²) in [4.78, 5) is 8.86. The van der Waals surface area contributed by atoms with Crippen LogP contribution < -0.4 is 10.5 Å². The van der Waals surface area contributed by atoms with E-state index in [0.717, 1.165) is 12.8 Å². The van der Waals surface area contributed by atoms with Crippen molar-refractivity contribution in [3.8, 4) is 22.8 Å². The number of anilines is 1. The third-order valence-electron chi connectivity index (χ3n) is 5.53. The van der Waals surface area contributed by atoms with E-state index in [0.29, 0.717) is 40.7 Å². The van der Waals surface area contributed by atoms with E-state index in [1.165, 1.54) is 12.4 Å². The molecule has 31 heavy (non-hydrogen) atoms. The van der Waals surface area contributed by atoms with E-state index in [1.807, 2.05) is 30.3 Å². The number of rotatable bonds is 4. The minimum atomic E-state index is -0.461. The van der Waals surface area contributed by atoms with Gasteiger partial charge in [-0.3, -0.25) is 0 Å². The number of nitrogens with zero attached hydrogens (tertiary/aromatic N) is 4. The topological polar surface area (TPSA) is 87.6 Å². The van der Waals surface area contributed by atoms with Gasteiger partial charge in [0.15, 0.2) is 5.82 Å². The zero-order valence-electron chi connectivity index (χ0n) is 17.0. The fourth-order valence-electron chi connectivity index (χ4n) is 3.89. The van der Waals surface area contributed by atoms with Crippen molar-refractivity contribution >= 4 is 11.3 Å². The van der Waals surface area contributed by atoms with Crippen molar-refractivity contribution in [2.24, 2.45) is 0 Å². The Labute approximate surface area is 178 Å². The molecule has 8 heteroatoms. The number of hydrogen-bond donors (Lipinski definition) is 1. The predicted molar refractivity (Wildman–Crippen MR) is 114 cm³/mol. The first kappa shape index (κ1) is 19.4. The Morgan fingerprint density at radius 3 is 2.71 bits per heavy atom. The highest BCUT2D eigenvalue weighted by Gasteiger charge is 2.28. The Morgan fingerprint density at radius 2 is 1.97 bits per heavy atom. The first-order valence-corrected chi connectivity index (χ1v) is 10.2. The molecule has 0 spiro atoms. The molecule has 2 aromatic heterocycles. The van der Waals surface area contributed by atoms with Crippen LogP contribution in [0.3, 0.4) is 0 Å². The molecule has 0 bridgehead atoms. The largest absolute Gasteiger partial charge is 0.457 e. The van der Waals surface area contributed by atoms with Gasteiger partial charge in [0, 0.05) is 17.5 Å². The summed E-state index contributed by atoms with van der Waals surface area (Å²) in [6, 6.07) is 13.9. The lowest BCUT2D eigenvalue weighted by atomic mass is 9.98. The molecule has 1 aliphatic heterocycles. The van der Waals surface area contributed by atoms with Gasteiger partial charge in [-0.25, -0.2) is 18.9 Å². The van der Waals surface area contributed by atoms with Gasteiger partial charge < -0.3 is 15.2 Å². The second-order valence-corrected chi connectivity index (χ2v) is 7.70. The van der Waals surface area contributed by atoms with E-state index in [2.05, 4.69) is 17.0 Å². The third-order valence-corrected chi connectivity index (χ3v) is 5.53. The molecule has 2 aromatic carbocycles. The van der Waals surface area contributed by atoms with Crippen LogP contribution >= 0.6 is 0 Å². The Morgan fingerprint density at radius 1 is 1.13 bits per heavy atom. The number of ether oxygens (including phenoxy) is 2. The van der Waals surface area contributed by atoms with Gasteiger partial charge in [0.2, 0.25) is 0 Å². The van der Waals surface area contributed by atoms with Crippen molar-refractivity contribution in [3.63, 3.8) is 0 Å². The van der Waals surface area contributed by atoms with Crippen LogP contribution in [0.5, 0.6) is 11.5 Å². The summed E-state index contributed by atoms with van der Waals surface area (Å²) in [5.41, 5.74) is 7.37. The van der Waals surface area contributed by atoms with E-state index in [-0.39, 0.29) is 17.8 Å². The van der Waals surface area contributed by atoms with Gasteiger partial charge in [-0.1, -0.05) is 18.2 Å². The summed E-state index contributed by atoms with van der Waals surface area (Å²) in [6.07, 6.45) is 3.44. The molecule has 5 rings (SSSR count). The minimum Gasteiger partial charge on any atom is -0.457 e. The standard InChI is InChI=1S/C23H22FN5O2/c1-14-7-8-15(12-30-14)23-28-20(21-22(25)26-13-27-29(21)23)18-10-9-17(11-19(18)24)31-16-5-3-2-4-6-16/h2-6,9-11,13-15H,7-8,12H2,1H3,(H2,25,26,27)/t14-,15-/m1/s1. The molecular formula is C23H22FN5O2. The molecule has 0 amide bonds. The van der Waals surface area contributed by atoms with Crippen molar-refractivity contribution in [3.05, 3.63) is 66.5 Å². The van der Waals surface area contributed by atoms with Gasteiger partial charge in [0.25, 0.3) is 0 Å². The molecule has 3 heterocycles. The van der Waals surface area contributed by atoms with Crippen molar-refractivity contribution < 1.29 is 13.9 Å². The minimum absolute atomic E-state index is 0.0514. The summed E-state index contributed by atoms with van der Waals surface area (Å²) < 4.78 is 28.4. The second kappa shape index (κ2) is 7.96. The Kier molecular flexibility index (Phi) is 4.99. The van der Waals surface area contributed by atoms with Crippen LogP contribution in [0.2, 0.25) is 0 Å². The van der Waals surface area contributed by atoms with Gasteiger partial charge in [-0.15, -0.1) is 0 Å². The quantitative estimate of drug-likeness (QED) is 0.521. The van der Waals surface area contributed by atoms with Gasteiger partial charge >= 0.3 is 0 Å². The molecule has 7 nitrogen and oxygen atoms in total. The van der Waals surface area contributed by atoms with E-state index < -0.39 is 5.82 Å². The number of benzene rings is 2. The molecule has 2 atom stereocenters. The number of fused-ring (bicyclic) bond motifs is 1. The number of halogens is 1. The number of nitrogen functional groups attached to an aromatic ring is 1. The molecular weight excluding hydrogens is 397 g/mol. The molecule has 0 unspecified atom stereocenters. The summed E-state index contributed by atoms with van der Waals surface area (Å²) in [6.45, 7) is 2.59. The average molecular weight is 419 g/mol. The molecule has 1 saturated heterocycles. The van der Waals surface area contributed by atoms with Crippen LogP contribution in [0.15, 0.2) is 54.9 Å². The summed E-state index contributed by atoms with van der Waals surface area (Å²) in [5.74, 6) is 1.57. The smallest absolute Gasteiger partial charge is 0.153 e. The van der Waals surface area contributed by atoms with Crippen molar-refractivity contribution in [1.82, 2.24) is 19.6 Å². The summed E-state index contributed by atoms with van der Waals surface area (Å²) in [7, 11) is 0. The SMILES string of the molecule is C[C@@H]1CC[C@@H](c2nc(-c3ccc(Oc4ccccc4)cc3F)c3c(N)ncnn23)CO1. The fourth-order valence-corrected chi connectivity index (χ4v) is 3.89. The van der Waals surface area contributed by atoms with Gasteiger partial charge in [-0.2, -0.15) is 5.10 Å². The number of hydrogen-bond acceptors (Lipinski definition) is 6. The van der Waals surface area contributed by atoms with Crippen LogP contribution in [-0.2, 0) is 4.74 Å². The predicted octanol–water partition coefficient (Wildman–Crippen LogP) is 4.59. The first-order valence-electron chi connectivity index (χ1n) is 10.2. The highest BCUT2D eigenvalue weighted by molar-refractivity contribution is 5.85. The monoisotopic (exact) mass is 419 g/mol. The lowest BCUT2D eigenvalue weighted by molar-refractivity contribution is 0.0134. The average Bonchev–Trinajstić information content (AvgIpc) is 3.16. The van der Waals surface area contributed by atoms with Crippen LogP contribution in [0.25, 0.3) is 16.8 Å². The van der Waals surface area contributed by atoms with Crippen molar-refractivity contribution in [1.29, 1.82) is 0 Å². The van der Waals surface area contributed by atoms with Crippen LogP contribution in [0.4, 0.5) is 10.2 Å². The molecule has 0 radical (unpaired) electrons. The highest BCUT2D eigenvalue weighted by atomic mass is 19.1. The molecule has 1 aliphatic rings. The summed E-state index contributed by atoms with van der Waals surface area (Å²) >= 11 is 0. The van der Waals surface area contributed by atoms with Crippen molar-refractivity contribution in [2.45, 2.75) is 31.8 Å². The maximum atomic E-state index is 15.2.